The largest absolute Gasteiger partial charge is 0.400 e. The van der Waals surface area contributed by atoms with Gasteiger partial charge in [-0.25, -0.2) is 4.31 Å². The summed E-state index contributed by atoms with van der Waals surface area (Å²) in [7, 11) is 0. The first kappa shape index (κ1) is 20.0. The lowest BCUT2D eigenvalue weighted by Crippen LogP contribution is -2.37. The summed E-state index contributed by atoms with van der Waals surface area (Å²) >= 11 is -4.48. The third-order valence-electron chi connectivity index (χ3n) is 2.11. The molecule has 0 saturated heterocycles. The molecular weight excluding hydrogens is 419 g/mol. The van der Waals surface area contributed by atoms with Crippen molar-refractivity contribution in [2.75, 3.05) is 4.31 Å². The summed E-state index contributed by atoms with van der Waals surface area (Å²) in [5, 5.41) is -4.63. The molecule has 0 aromatic heterocycles. The quantitative estimate of drug-likeness (QED) is 0.358. The van der Waals surface area contributed by atoms with Crippen molar-refractivity contribution in [2.24, 2.45) is 0 Å². The van der Waals surface area contributed by atoms with Crippen LogP contribution in [0.2, 0.25) is 0 Å². The third kappa shape index (κ3) is 4.07. The van der Waals surface area contributed by atoms with E-state index in [0.29, 0.717) is 0 Å². The van der Waals surface area contributed by atoms with Crippen LogP contribution in [0.5, 0.6) is 0 Å². The highest BCUT2D eigenvalue weighted by Crippen LogP contribution is 2.47. The SMILES string of the molecule is O=C(N(SF)c1ccc(SF)c(SF)c1SF)C(F)(F)SF. The maximum absolute atomic E-state index is 13.0. The summed E-state index contributed by atoms with van der Waals surface area (Å²) in [4.78, 5) is 9.53. The second-order valence-corrected chi connectivity index (χ2v) is 6.12. The standard InChI is InChI=1S/C8H2F7NOS5/c9-8(10,21-14)7(17)16(22-15)3-1-2-4(18-11)6(20-13)5(3)19-12/h1-2H. The number of benzene rings is 1. The molecule has 0 aliphatic heterocycles. The molecule has 1 aromatic rings. The van der Waals surface area contributed by atoms with Crippen molar-refractivity contribution >= 4 is 72.5 Å². The summed E-state index contributed by atoms with van der Waals surface area (Å²) < 4.78 is 88.9. The number of amides is 1. The Hall–Kier alpha value is -0.0500. The Morgan fingerprint density at radius 3 is 1.95 bits per heavy atom. The molecule has 0 fully saturated rings. The van der Waals surface area contributed by atoms with E-state index >= 15 is 0 Å². The van der Waals surface area contributed by atoms with E-state index in [-0.39, 0.29) is 4.31 Å². The number of rotatable bonds is 7. The van der Waals surface area contributed by atoms with Crippen LogP contribution in [0, 0.1) is 0 Å². The number of carbonyl (C=O) groups excluding carboxylic acids is 1. The molecule has 0 heterocycles. The van der Waals surface area contributed by atoms with E-state index in [9.17, 15) is 33.0 Å². The van der Waals surface area contributed by atoms with Crippen molar-refractivity contribution in [1.82, 2.24) is 0 Å². The van der Waals surface area contributed by atoms with Gasteiger partial charge in [0.05, 0.1) is 56.8 Å². The minimum Gasteiger partial charge on any atom is -0.265 e. The van der Waals surface area contributed by atoms with Crippen LogP contribution in [-0.4, -0.2) is 11.2 Å². The molecule has 2 nitrogen and oxygen atoms in total. The Kier molecular flexibility index (Phi) is 7.91. The molecule has 0 aliphatic rings. The zero-order chi connectivity index (χ0) is 16.9. The Labute approximate surface area is 141 Å². The lowest BCUT2D eigenvalue weighted by atomic mass is 10.3. The van der Waals surface area contributed by atoms with Gasteiger partial charge in [0.1, 0.15) is 12.1 Å². The van der Waals surface area contributed by atoms with Crippen LogP contribution < -0.4 is 4.31 Å². The van der Waals surface area contributed by atoms with Gasteiger partial charge in [-0.3, -0.25) is 4.79 Å². The number of nitrogens with zero attached hydrogens (tertiary/aromatic N) is 1. The van der Waals surface area contributed by atoms with Crippen LogP contribution in [-0.2, 0) is 4.79 Å². The number of hydrogen-bond donors (Lipinski definition) is 0. The minimum absolute atomic E-state index is 0.346. The van der Waals surface area contributed by atoms with Crippen LogP contribution in [0.3, 0.4) is 0 Å². The number of anilines is 1. The first-order valence-electron chi connectivity index (χ1n) is 4.71. The van der Waals surface area contributed by atoms with E-state index in [2.05, 4.69) is 0 Å². The summed E-state index contributed by atoms with van der Waals surface area (Å²) in [5.41, 5.74) is -0.809. The zero-order valence-corrected chi connectivity index (χ0v) is 13.8. The zero-order valence-electron chi connectivity index (χ0n) is 9.70. The number of halogens is 7. The summed E-state index contributed by atoms with van der Waals surface area (Å²) in [6, 6.07) is 1.56. The molecule has 124 valence electrons. The molecule has 1 amide bonds. The fraction of sp³-hybridized carbons (Fsp3) is 0.125. The molecule has 0 bridgehead atoms. The Morgan fingerprint density at radius 2 is 1.55 bits per heavy atom. The first-order valence-corrected chi connectivity index (χ1v) is 8.25. The predicted octanol–water partition coefficient (Wildman–Crippen LogP) is 6.69. The maximum atomic E-state index is 13.0. The van der Waals surface area contributed by atoms with E-state index in [1.807, 2.05) is 0 Å². The Morgan fingerprint density at radius 1 is 0.955 bits per heavy atom. The lowest BCUT2D eigenvalue weighted by Gasteiger charge is -2.22. The van der Waals surface area contributed by atoms with Crippen molar-refractivity contribution in [3.05, 3.63) is 12.1 Å². The van der Waals surface area contributed by atoms with Crippen molar-refractivity contribution in [1.29, 1.82) is 0 Å². The van der Waals surface area contributed by atoms with Crippen molar-refractivity contribution in [3.8, 4) is 0 Å². The molecule has 0 saturated carbocycles. The van der Waals surface area contributed by atoms with Gasteiger partial charge in [-0.1, -0.05) is 0 Å². The van der Waals surface area contributed by atoms with Gasteiger partial charge in [-0.2, -0.15) is 24.3 Å². The second kappa shape index (κ2) is 8.70. The fourth-order valence-electron chi connectivity index (χ4n) is 1.23. The topological polar surface area (TPSA) is 20.3 Å². The van der Waals surface area contributed by atoms with E-state index in [4.69, 9.17) is 0 Å². The average Bonchev–Trinajstić information content (AvgIpc) is 2.54. The van der Waals surface area contributed by atoms with Gasteiger partial charge in [0.25, 0.3) is 0 Å². The van der Waals surface area contributed by atoms with Crippen molar-refractivity contribution in [3.63, 3.8) is 0 Å². The van der Waals surface area contributed by atoms with Crippen LogP contribution in [0.1, 0.15) is 0 Å². The predicted molar refractivity (Wildman–Crippen MR) is 77.2 cm³/mol. The normalized spacial score (nSPS) is 11.6. The average molecular weight is 421 g/mol. The summed E-state index contributed by atoms with van der Waals surface area (Å²) in [6.07, 6.45) is 0. The molecule has 0 unspecified atom stereocenters. The number of carbonyl (C=O) groups is 1. The van der Waals surface area contributed by atoms with Gasteiger partial charge >= 0.3 is 11.2 Å². The van der Waals surface area contributed by atoms with E-state index < -0.39 is 92.5 Å². The maximum Gasteiger partial charge on any atom is 0.400 e. The third-order valence-corrected chi connectivity index (χ3v) is 4.89. The molecular formula is C8H2F7NOS5. The number of hydrogen-bond acceptors (Lipinski definition) is 6. The molecule has 14 heteroatoms. The van der Waals surface area contributed by atoms with Gasteiger partial charge in [-0.05, 0) is 12.1 Å². The molecule has 0 atom stereocenters. The van der Waals surface area contributed by atoms with Gasteiger partial charge < -0.3 is 0 Å². The number of alkyl halides is 2. The second-order valence-electron chi connectivity index (χ2n) is 3.23. The first-order chi connectivity index (χ1) is 10.4. The minimum atomic E-state index is -4.63. The van der Waals surface area contributed by atoms with Gasteiger partial charge in [-0.15, -0.1) is 3.89 Å². The van der Waals surface area contributed by atoms with Crippen LogP contribution >= 0.6 is 60.9 Å². The van der Waals surface area contributed by atoms with E-state index in [0.717, 1.165) is 12.1 Å². The van der Waals surface area contributed by atoms with Gasteiger partial charge in [0.2, 0.25) is 0 Å². The monoisotopic (exact) mass is 421 g/mol. The van der Waals surface area contributed by atoms with Crippen LogP contribution in [0.25, 0.3) is 0 Å². The summed E-state index contributed by atoms with van der Waals surface area (Å²) in [5.74, 6) is -2.33. The van der Waals surface area contributed by atoms with Crippen LogP contribution in [0.15, 0.2) is 26.8 Å². The molecule has 0 spiro atoms. The van der Waals surface area contributed by atoms with Crippen molar-refractivity contribution < 1.29 is 33.0 Å². The highest BCUT2D eigenvalue weighted by atomic mass is 32.2. The van der Waals surface area contributed by atoms with E-state index in [1.165, 1.54) is 0 Å². The van der Waals surface area contributed by atoms with Gasteiger partial charge in [0.15, 0.2) is 12.3 Å². The highest BCUT2D eigenvalue weighted by Gasteiger charge is 2.46. The lowest BCUT2D eigenvalue weighted by molar-refractivity contribution is -0.130. The highest BCUT2D eigenvalue weighted by molar-refractivity contribution is 7.99. The smallest absolute Gasteiger partial charge is 0.265 e. The fourth-order valence-corrected chi connectivity index (χ4v) is 3.38. The summed E-state index contributed by atoms with van der Waals surface area (Å²) in [6.45, 7) is 0. The molecule has 0 N–H and O–H groups in total. The van der Waals surface area contributed by atoms with Crippen LogP contribution in [0.4, 0.5) is 33.9 Å². The molecule has 0 aliphatic carbocycles. The van der Waals surface area contributed by atoms with E-state index in [1.54, 1.807) is 0 Å². The molecule has 1 aromatic carbocycles. The molecule has 1 rings (SSSR count). The Bertz CT molecular complexity index is 548. The Balaban J connectivity index is 3.43. The van der Waals surface area contributed by atoms with Crippen molar-refractivity contribution in [2.45, 2.75) is 19.9 Å². The molecule has 0 radical (unpaired) electrons. The molecule has 22 heavy (non-hydrogen) atoms. The van der Waals surface area contributed by atoms with Gasteiger partial charge in [0, 0.05) is 0 Å².